The zero-order valence-electron chi connectivity index (χ0n) is 17.6. The highest BCUT2D eigenvalue weighted by Gasteiger charge is 2.47. The highest BCUT2D eigenvalue weighted by molar-refractivity contribution is 5.99. The Balaban J connectivity index is 1.46. The average molecular weight is 463 g/mol. The first kappa shape index (κ1) is 21.5. The summed E-state index contributed by atoms with van der Waals surface area (Å²) >= 11 is 0. The van der Waals surface area contributed by atoms with Crippen LogP contribution in [-0.4, -0.2) is 46.8 Å². The Hall–Kier alpha value is -3.34. The number of methoxy groups -OCH3 is 1. The van der Waals surface area contributed by atoms with E-state index >= 15 is 0 Å². The van der Waals surface area contributed by atoms with Gasteiger partial charge in [0, 0.05) is 24.3 Å². The van der Waals surface area contributed by atoms with Crippen molar-refractivity contribution in [2.45, 2.75) is 50.7 Å². The van der Waals surface area contributed by atoms with Gasteiger partial charge in [-0.3, -0.25) is 14.4 Å². The number of carbonyl (C=O) groups is 2. The Bertz CT molecular complexity index is 1230. The first-order chi connectivity index (χ1) is 15.8. The summed E-state index contributed by atoms with van der Waals surface area (Å²) in [6, 6.07) is 1.77. The molecule has 1 aromatic carbocycles. The van der Waals surface area contributed by atoms with Gasteiger partial charge < -0.3 is 24.3 Å². The van der Waals surface area contributed by atoms with Crippen LogP contribution in [0.3, 0.4) is 0 Å². The number of ether oxygens (including phenoxy) is 2. The molecular weight excluding hydrogens is 443 g/mol. The lowest BCUT2D eigenvalue weighted by Gasteiger charge is -2.44. The molecule has 11 heteroatoms. The first-order valence-corrected chi connectivity index (χ1v) is 10.5. The number of fused-ring (bicyclic) bond motifs is 5. The molecule has 2 bridgehead atoms. The third kappa shape index (κ3) is 3.38. The van der Waals surface area contributed by atoms with Crippen LogP contribution in [0.15, 0.2) is 23.1 Å². The van der Waals surface area contributed by atoms with Gasteiger partial charge in [-0.05, 0) is 25.3 Å². The molecule has 1 N–H and O–H groups in total. The second kappa shape index (κ2) is 7.91. The van der Waals surface area contributed by atoms with E-state index in [0.29, 0.717) is 0 Å². The third-order valence-corrected chi connectivity index (χ3v) is 6.44. The predicted molar refractivity (Wildman–Crippen MR) is 107 cm³/mol. The van der Waals surface area contributed by atoms with E-state index in [-0.39, 0.29) is 41.3 Å². The maximum atomic E-state index is 13.9. The van der Waals surface area contributed by atoms with Crippen molar-refractivity contribution >= 4 is 11.8 Å². The topological polar surface area (TPSA) is 89.9 Å². The summed E-state index contributed by atoms with van der Waals surface area (Å²) in [4.78, 5) is 40.6. The van der Waals surface area contributed by atoms with E-state index in [1.54, 1.807) is 4.90 Å². The van der Waals surface area contributed by atoms with Crippen molar-refractivity contribution in [3.8, 4) is 5.75 Å². The van der Waals surface area contributed by atoms with E-state index < -0.39 is 47.5 Å². The van der Waals surface area contributed by atoms with E-state index in [2.05, 4.69) is 5.32 Å². The van der Waals surface area contributed by atoms with Crippen molar-refractivity contribution in [3.63, 3.8) is 0 Å². The lowest BCUT2D eigenvalue weighted by atomic mass is 10.1. The van der Waals surface area contributed by atoms with Crippen molar-refractivity contribution in [2.24, 2.45) is 0 Å². The van der Waals surface area contributed by atoms with Crippen LogP contribution in [0.4, 0.5) is 13.2 Å². The minimum Gasteiger partial charge on any atom is -0.491 e. The summed E-state index contributed by atoms with van der Waals surface area (Å²) in [5, 5.41) is 2.33. The fourth-order valence-electron chi connectivity index (χ4n) is 4.86. The number of aromatic nitrogens is 1. The van der Waals surface area contributed by atoms with E-state index in [0.717, 1.165) is 31.4 Å². The monoisotopic (exact) mass is 463 g/mol. The predicted octanol–water partition coefficient (Wildman–Crippen LogP) is 1.94. The number of carbonyl (C=O) groups excluding carboxylic acids is 2. The van der Waals surface area contributed by atoms with Gasteiger partial charge in [0.1, 0.15) is 5.56 Å². The summed E-state index contributed by atoms with van der Waals surface area (Å²) in [6.45, 7) is -0.268. The van der Waals surface area contributed by atoms with Gasteiger partial charge in [-0.2, -0.15) is 0 Å². The molecule has 3 aliphatic rings. The van der Waals surface area contributed by atoms with Crippen molar-refractivity contribution < 1.29 is 32.2 Å². The molecule has 33 heavy (non-hydrogen) atoms. The second-order valence-corrected chi connectivity index (χ2v) is 8.32. The van der Waals surface area contributed by atoms with Crippen LogP contribution >= 0.6 is 0 Å². The number of nitrogens with one attached hydrogen (secondary N) is 1. The van der Waals surface area contributed by atoms with E-state index in [1.165, 1.54) is 17.9 Å². The number of rotatable bonds is 4. The van der Waals surface area contributed by atoms with Gasteiger partial charge in [-0.1, -0.05) is 6.07 Å². The van der Waals surface area contributed by atoms with Crippen molar-refractivity contribution in [1.29, 1.82) is 0 Å². The van der Waals surface area contributed by atoms with Crippen LogP contribution in [0, 0.1) is 17.5 Å². The smallest absolute Gasteiger partial charge is 0.276 e. The zero-order valence-corrected chi connectivity index (χ0v) is 17.6. The van der Waals surface area contributed by atoms with Gasteiger partial charge in [0.15, 0.2) is 35.1 Å². The average Bonchev–Trinajstić information content (AvgIpc) is 3.17. The van der Waals surface area contributed by atoms with Crippen LogP contribution < -0.4 is 15.5 Å². The van der Waals surface area contributed by atoms with Gasteiger partial charge in [-0.15, -0.1) is 0 Å². The Morgan fingerprint density at radius 1 is 1.21 bits per heavy atom. The summed E-state index contributed by atoms with van der Waals surface area (Å²) in [5.41, 5.74) is -1.39. The summed E-state index contributed by atoms with van der Waals surface area (Å²) < 4.78 is 53.2. The van der Waals surface area contributed by atoms with Gasteiger partial charge in [0.2, 0.25) is 5.43 Å². The van der Waals surface area contributed by atoms with E-state index in [4.69, 9.17) is 9.47 Å². The van der Waals surface area contributed by atoms with E-state index in [9.17, 15) is 27.6 Å². The molecule has 0 radical (unpaired) electrons. The molecule has 1 aliphatic carbocycles. The molecule has 1 saturated heterocycles. The molecule has 2 amide bonds. The highest BCUT2D eigenvalue weighted by Crippen LogP contribution is 2.38. The molecule has 0 spiro atoms. The molecule has 174 valence electrons. The van der Waals surface area contributed by atoms with Crippen LogP contribution in [-0.2, 0) is 17.8 Å². The molecule has 2 aliphatic heterocycles. The van der Waals surface area contributed by atoms with Gasteiger partial charge in [0.25, 0.3) is 11.8 Å². The Morgan fingerprint density at radius 3 is 2.76 bits per heavy atom. The van der Waals surface area contributed by atoms with E-state index in [1.807, 2.05) is 0 Å². The Kier molecular flexibility index (Phi) is 5.15. The molecule has 2 fully saturated rings. The van der Waals surface area contributed by atoms with Crippen LogP contribution in [0.5, 0.6) is 5.75 Å². The normalized spacial score (nSPS) is 23.2. The molecule has 3 atom stereocenters. The van der Waals surface area contributed by atoms with Crippen LogP contribution in [0.25, 0.3) is 0 Å². The first-order valence-electron chi connectivity index (χ1n) is 10.5. The Morgan fingerprint density at radius 2 is 2.00 bits per heavy atom. The van der Waals surface area contributed by atoms with Crippen molar-refractivity contribution in [1.82, 2.24) is 14.8 Å². The number of hydrogen-bond acceptors (Lipinski definition) is 5. The van der Waals surface area contributed by atoms with Crippen LogP contribution in [0.1, 0.15) is 45.7 Å². The second-order valence-electron chi connectivity index (χ2n) is 8.32. The third-order valence-electron chi connectivity index (χ3n) is 6.44. The molecular formula is C22H20F3N3O5. The molecule has 5 rings (SSSR count). The minimum absolute atomic E-state index is 0.0313. The molecule has 3 heterocycles. The molecule has 2 aromatic rings. The number of halogens is 3. The highest BCUT2D eigenvalue weighted by atomic mass is 19.2. The number of nitrogens with zero attached hydrogens (tertiary/aromatic N) is 2. The van der Waals surface area contributed by atoms with Gasteiger partial charge >= 0.3 is 0 Å². The maximum absolute atomic E-state index is 13.9. The Labute approximate surface area is 185 Å². The maximum Gasteiger partial charge on any atom is 0.276 e. The fraction of sp³-hybridized carbons (Fsp3) is 0.409. The van der Waals surface area contributed by atoms with Gasteiger partial charge in [-0.25, -0.2) is 13.2 Å². The molecule has 0 unspecified atom stereocenters. The summed E-state index contributed by atoms with van der Waals surface area (Å²) in [5.74, 6) is -5.98. The van der Waals surface area contributed by atoms with Crippen molar-refractivity contribution in [2.75, 3.05) is 7.11 Å². The zero-order chi connectivity index (χ0) is 23.4. The summed E-state index contributed by atoms with van der Waals surface area (Å²) in [6.07, 6.45) is 3.21. The number of hydrogen-bond donors (Lipinski definition) is 1. The number of amides is 2. The molecule has 8 nitrogen and oxygen atoms in total. The number of pyridine rings is 1. The lowest BCUT2D eigenvalue weighted by molar-refractivity contribution is -0.132. The lowest BCUT2D eigenvalue weighted by Crippen LogP contribution is -2.57. The molecule has 1 saturated carbocycles. The minimum atomic E-state index is -1.65. The van der Waals surface area contributed by atoms with Crippen molar-refractivity contribution in [3.05, 3.63) is 62.8 Å². The quantitative estimate of drug-likeness (QED) is 0.701. The fourth-order valence-corrected chi connectivity index (χ4v) is 4.86. The van der Waals surface area contributed by atoms with Crippen LogP contribution in [0.2, 0.25) is 0 Å². The standard InChI is InChI=1S/C22H20F3N3O5/c1-32-20-18-22(31)28-11-3-4-12(6-11)33-15(28)9-27(18)8-13(19(20)29)21(30)26-7-10-2-5-14(23)17(25)16(10)24/h2,5,8,11-12,15H,3-4,6-7,9H2,1H3,(H,26,30)/t11-,12+,15+/m1/s1. The molecule has 1 aromatic heterocycles. The SMILES string of the molecule is COc1c2n(cc(C(=O)NCc3ccc(F)c(F)c3F)c1=O)C[C@@H]1O[C@H]3CC[C@H](C3)N1C2=O. The largest absolute Gasteiger partial charge is 0.491 e. The van der Waals surface area contributed by atoms with Gasteiger partial charge in [0.05, 0.1) is 19.8 Å². The summed E-state index contributed by atoms with van der Waals surface area (Å²) in [7, 11) is 1.23. The number of benzene rings is 1.